The van der Waals surface area contributed by atoms with Gasteiger partial charge in [-0.1, -0.05) is 40.2 Å². The summed E-state index contributed by atoms with van der Waals surface area (Å²) in [6.45, 7) is 0. The van der Waals surface area contributed by atoms with E-state index in [0.29, 0.717) is 5.56 Å². The summed E-state index contributed by atoms with van der Waals surface area (Å²) >= 11 is 3.51. The molecule has 0 spiro atoms. The lowest BCUT2D eigenvalue weighted by Crippen LogP contribution is -2.25. The average molecular weight is 370 g/mol. The first kappa shape index (κ1) is 14.5. The van der Waals surface area contributed by atoms with Crippen molar-refractivity contribution in [1.82, 2.24) is 4.98 Å². The van der Waals surface area contributed by atoms with E-state index >= 15 is 0 Å². The zero-order chi connectivity index (χ0) is 15.8. The van der Waals surface area contributed by atoms with E-state index in [1.165, 1.54) is 16.6 Å². The fourth-order valence-corrected chi connectivity index (χ4v) is 3.62. The number of fused-ring (bicyclic) bond motifs is 3. The van der Waals surface area contributed by atoms with Gasteiger partial charge in [0.15, 0.2) is 0 Å². The quantitative estimate of drug-likeness (QED) is 0.668. The Kier molecular flexibility index (Phi) is 3.69. The van der Waals surface area contributed by atoms with Crippen LogP contribution in [0.4, 0.5) is 0 Å². The van der Waals surface area contributed by atoms with Crippen molar-refractivity contribution in [2.45, 2.75) is 25.4 Å². The molecular weight excluding hydrogens is 354 g/mol. The van der Waals surface area contributed by atoms with Crippen LogP contribution < -0.4 is 0 Å². The van der Waals surface area contributed by atoms with E-state index in [0.717, 1.165) is 29.3 Å². The minimum Gasteiger partial charge on any atom is -0.458 e. The van der Waals surface area contributed by atoms with Crippen LogP contribution in [0.3, 0.4) is 0 Å². The third kappa shape index (κ3) is 2.79. The lowest BCUT2D eigenvalue weighted by molar-refractivity contribution is 0.0271. The molecule has 1 N–H and O–H groups in total. The monoisotopic (exact) mass is 369 g/mol. The van der Waals surface area contributed by atoms with Gasteiger partial charge in [0.1, 0.15) is 6.10 Å². The van der Waals surface area contributed by atoms with Gasteiger partial charge in [0, 0.05) is 27.5 Å². The van der Waals surface area contributed by atoms with E-state index in [4.69, 9.17) is 4.74 Å². The third-order valence-electron chi connectivity index (χ3n) is 4.39. The molecule has 0 fully saturated rings. The van der Waals surface area contributed by atoms with Crippen molar-refractivity contribution in [3.05, 3.63) is 69.8 Å². The molecule has 4 rings (SSSR count). The lowest BCUT2D eigenvalue weighted by Gasteiger charge is -2.22. The summed E-state index contributed by atoms with van der Waals surface area (Å²) in [7, 11) is 0. The van der Waals surface area contributed by atoms with Gasteiger partial charge in [-0.05, 0) is 42.7 Å². The van der Waals surface area contributed by atoms with Gasteiger partial charge in [0.25, 0.3) is 0 Å². The van der Waals surface area contributed by atoms with Crippen molar-refractivity contribution < 1.29 is 9.53 Å². The maximum absolute atomic E-state index is 12.2. The SMILES string of the molecule is O=C(OC1CCc2[nH]c3cc(Br)ccc3c2C1)c1ccccc1. The van der Waals surface area contributed by atoms with Crippen LogP contribution in [0.1, 0.15) is 28.0 Å². The molecule has 0 saturated heterocycles. The molecule has 1 unspecified atom stereocenters. The van der Waals surface area contributed by atoms with Gasteiger partial charge in [-0.15, -0.1) is 0 Å². The molecule has 1 atom stereocenters. The maximum Gasteiger partial charge on any atom is 0.338 e. The van der Waals surface area contributed by atoms with Crippen molar-refractivity contribution >= 4 is 32.8 Å². The minimum atomic E-state index is -0.235. The fourth-order valence-electron chi connectivity index (χ4n) is 3.26. The van der Waals surface area contributed by atoms with Crippen LogP contribution in [-0.2, 0) is 17.6 Å². The molecule has 2 aromatic carbocycles. The van der Waals surface area contributed by atoms with Gasteiger partial charge < -0.3 is 9.72 Å². The number of aromatic nitrogens is 1. The molecule has 4 heteroatoms. The van der Waals surface area contributed by atoms with Crippen LogP contribution >= 0.6 is 15.9 Å². The van der Waals surface area contributed by atoms with Crippen molar-refractivity contribution in [2.24, 2.45) is 0 Å². The van der Waals surface area contributed by atoms with Gasteiger partial charge in [0.2, 0.25) is 0 Å². The van der Waals surface area contributed by atoms with Crippen LogP contribution in [-0.4, -0.2) is 17.1 Å². The number of esters is 1. The second-order valence-corrected chi connectivity index (χ2v) is 6.82. The summed E-state index contributed by atoms with van der Waals surface area (Å²) in [6, 6.07) is 15.5. The van der Waals surface area contributed by atoms with Gasteiger partial charge in [0.05, 0.1) is 5.56 Å². The predicted octanol–water partition coefficient (Wildman–Crippen LogP) is 4.64. The van der Waals surface area contributed by atoms with Gasteiger partial charge in [-0.25, -0.2) is 4.79 Å². The number of benzene rings is 2. The third-order valence-corrected chi connectivity index (χ3v) is 4.88. The largest absolute Gasteiger partial charge is 0.458 e. The maximum atomic E-state index is 12.2. The fraction of sp³-hybridized carbons (Fsp3) is 0.211. The summed E-state index contributed by atoms with van der Waals surface area (Å²) in [5.74, 6) is -0.235. The number of H-pyrrole nitrogens is 1. The molecule has 0 amide bonds. The number of carbonyl (C=O) groups is 1. The Bertz CT molecular complexity index is 870. The first-order valence-corrected chi connectivity index (χ1v) is 8.55. The Labute approximate surface area is 142 Å². The number of aryl methyl sites for hydroxylation is 1. The first-order chi connectivity index (χ1) is 11.2. The van der Waals surface area contributed by atoms with Crippen molar-refractivity contribution in [3.8, 4) is 0 Å². The highest BCUT2D eigenvalue weighted by Crippen LogP contribution is 2.32. The molecule has 0 aliphatic heterocycles. The van der Waals surface area contributed by atoms with Crippen molar-refractivity contribution in [2.75, 3.05) is 0 Å². The highest BCUT2D eigenvalue weighted by Gasteiger charge is 2.25. The number of ether oxygens (including phenoxy) is 1. The van der Waals surface area contributed by atoms with Crippen molar-refractivity contribution in [1.29, 1.82) is 0 Å². The Morgan fingerprint density at radius 2 is 2.00 bits per heavy atom. The Balaban J connectivity index is 1.57. The van der Waals surface area contributed by atoms with E-state index in [9.17, 15) is 4.79 Å². The first-order valence-electron chi connectivity index (χ1n) is 7.76. The number of hydrogen-bond acceptors (Lipinski definition) is 2. The molecule has 1 aliphatic rings. The zero-order valence-electron chi connectivity index (χ0n) is 12.5. The second-order valence-electron chi connectivity index (χ2n) is 5.91. The molecule has 116 valence electrons. The van der Waals surface area contributed by atoms with Crippen LogP contribution in [0.5, 0.6) is 0 Å². The molecule has 1 aromatic heterocycles. The van der Waals surface area contributed by atoms with Crippen LogP contribution in [0.2, 0.25) is 0 Å². The highest BCUT2D eigenvalue weighted by molar-refractivity contribution is 9.10. The Morgan fingerprint density at radius 1 is 1.17 bits per heavy atom. The standard InChI is InChI=1S/C19H16BrNO2/c20-13-6-8-15-16-11-14(7-9-17(16)21-18(15)10-13)23-19(22)12-4-2-1-3-5-12/h1-6,8,10,14,21H,7,9,11H2. The average Bonchev–Trinajstić information content (AvgIpc) is 2.92. The number of aromatic amines is 1. The number of rotatable bonds is 2. The van der Waals surface area contributed by atoms with E-state index in [2.05, 4.69) is 39.1 Å². The van der Waals surface area contributed by atoms with Gasteiger partial charge >= 0.3 is 5.97 Å². The second kappa shape index (κ2) is 5.85. The Morgan fingerprint density at radius 3 is 2.83 bits per heavy atom. The number of hydrogen-bond donors (Lipinski definition) is 1. The number of nitrogens with one attached hydrogen (secondary N) is 1. The molecule has 0 bridgehead atoms. The van der Waals surface area contributed by atoms with E-state index in [1.54, 1.807) is 12.1 Å². The number of halogens is 1. The molecule has 23 heavy (non-hydrogen) atoms. The Hall–Kier alpha value is -2.07. The van der Waals surface area contributed by atoms with Crippen LogP contribution in [0, 0.1) is 0 Å². The topological polar surface area (TPSA) is 42.1 Å². The minimum absolute atomic E-state index is 0.0575. The molecule has 1 heterocycles. The lowest BCUT2D eigenvalue weighted by atomic mass is 9.93. The molecule has 0 radical (unpaired) electrons. The summed E-state index contributed by atoms with van der Waals surface area (Å²) in [4.78, 5) is 15.7. The van der Waals surface area contributed by atoms with Crippen LogP contribution in [0.15, 0.2) is 53.0 Å². The van der Waals surface area contributed by atoms with Crippen LogP contribution in [0.25, 0.3) is 10.9 Å². The predicted molar refractivity (Wildman–Crippen MR) is 93.7 cm³/mol. The number of carbonyl (C=O) groups excluding carboxylic acids is 1. The molecule has 3 nitrogen and oxygen atoms in total. The highest BCUT2D eigenvalue weighted by atomic mass is 79.9. The van der Waals surface area contributed by atoms with Crippen molar-refractivity contribution in [3.63, 3.8) is 0 Å². The molecule has 3 aromatic rings. The summed E-state index contributed by atoms with van der Waals surface area (Å²) < 4.78 is 6.78. The van der Waals surface area contributed by atoms with Gasteiger partial charge in [-0.2, -0.15) is 0 Å². The molecule has 1 aliphatic carbocycles. The van der Waals surface area contributed by atoms with E-state index in [1.807, 2.05) is 18.2 Å². The smallest absolute Gasteiger partial charge is 0.338 e. The van der Waals surface area contributed by atoms with E-state index in [-0.39, 0.29) is 12.1 Å². The normalized spacial score (nSPS) is 17.0. The van der Waals surface area contributed by atoms with Gasteiger partial charge in [-0.3, -0.25) is 0 Å². The summed E-state index contributed by atoms with van der Waals surface area (Å²) in [6.07, 6.45) is 2.49. The molecular formula is C19H16BrNO2. The summed E-state index contributed by atoms with van der Waals surface area (Å²) in [5, 5.41) is 1.23. The summed E-state index contributed by atoms with van der Waals surface area (Å²) in [5.41, 5.74) is 4.30. The zero-order valence-corrected chi connectivity index (χ0v) is 14.1. The van der Waals surface area contributed by atoms with E-state index < -0.39 is 0 Å². The molecule has 0 saturated carbocycles.